The van der Waals surface area contributed by atoms with Crippen LogP contribution in [-0.4, -0.2) is 26.0 Å². The molecule has 1 N–H and O–H groups in total. The van der Waals surface area contributed by atoms with Gasteiger partial charge in [-0.05, 0) is 37.5 Å². The first-order valence-corrected chi connectivity index (χ1v) is 7.89. The summed E-state index contributed by atoms with van der Waals surface area (Å²) < 4.78 is 22.6. The molecule has 1 aromatic carbocycles. The first-order valence-electron chi connectivity index (χ1n) is 5.69. The summed E-state index contributed by atoms with van der Waals surface area (Å²) >= 11 is 6.09. The van der Waals surface area contributed by atoms with E-state index in [-0.39, 0.29) is 17.5 Å². The zero-order valence-corrected chi connectivity index (χ0v) is 11.3. The van der Waals surface area contributed by atoms with Gasteiger partial charge in [0.15, 0.2) is 0 Å². The summed E-state index contributed by atoms with van der Waals surface area (Å²) in [4.78, 5) is 0. The molecule has 5 heteroatoms. The summed E-state index contributed by atoms with van der Waals surface area (Å²) in [5.41, 5.74) is 2.04. The van der Waals surface area contributed by atoms with Gasteiger partial charge in [0.05, 0.1) is 22.2 Å². The first kappa shape index (κ1) is 12.7. The van der Waals surface area contributed by atoms with Crippen LogP contribution in [0.3, 0.4) is 0 Å². The molecule has 0 atom stereocenters. The van der Waals surface area contributed by atoms with E-state index >= 15 is 0 Å². The van der Waals surface area contributed by atoms with E-state index < -0.39 is 9.84 Å². The van der Waals surface area contributed by atoms with Crippen molar-refractivity contribution in [2.75, 3.05) is 16.8 Å². The minimum absolute atomic E-state index is 0.206. The number of hydrogen-bond donors (Lipinski definition) is 1. The Bertz CT molecular complexity index is 499. The number of sulfone groups is 1. The second kappa shape index (κ2) is 4.86. The SMILES string of the molecule is Cc1ccc(Cl)c(NC2CCS(=O)(=O)CC2)c1. The van der Waals surface area contributed by atoms with Crippen LogP contribution in [0.2, 0.25) is 5.02 Å². The Morgan fingerprint density at radius 2 is 1.94 bits per heavy atom. The van der Waals surface area contributed by atoms with Gasteiger partial charge in [-0.3, -0.25) is 0 Å². The molecule has 0 saturated carbocycles. The number of aryl methyl sites for hydroxylation is 1. The van der Waals surface area contributed by atoms with E-state index in [1.807, 2.05) is 25.1 Å². The smallest absolute Gasteiger partial charge is 0.150 e. The quantitative estimate of drug-likeness (QED) is 0.901. The Balaban J connectivity index is 2.05. The summed E-state index contributed by atoms with van der Waals surface area (Å²) in [6, 6.07) is 6.01. The molecule has 1 heterocycles. The number of anilines is 1. The molecular weight excluding hydrogens is 258 g/mol. The molecule has 0 radical (unpaired) electrons. The first-order chi connectivity index (χ1) is 7.96. The van der Waals surface area contributed by atoms with Gasteiger partial charge in [0, 0.05) is 6.04 Å². The molecule has 1 aliphatic rings. The summed E-state index contributed by atoms with van der Waals surface area (Å²) in [5.74, 6) is 0.544. The van der Waals surface area contributed by atoms with Crippen LogP contribution in [0.25, 0.3) is 0 Å². The molecule has 0 aromatic heterocycles. The zero-order valence-electron chi connectivity index (χ0n) is 9.74. The van der Waals surface area contributed by atoms with Crippen molar-refractivity contribution in [2.45, 2.75) is 25.8 Å². The van der Waals surface area contributed by atoms with E-state index in [1.54, 1.807) is 0 Å². The standard InChI is InChI=1S/C12H16ClNO2S/c1-9-2-3-11(13)12(8-9)14-10-4-6-17(15,16)7-5-10/h2-3,8,10,14H,4-7H2,1H3. The molecule has 1 fully saturated rings. The topological polar surface area (TPSA) is 46.2 Å². The molecule has 0 aliphatic carbocycles. The van der Waals surface area contributed by atoms with E-state index in [9.17, 15) is 8.42 Å². The monoisotopic (exact) mass is 273 g/mol. The Morgan fingerprint density at radius 1 is 1.29 bits per heavy atom. The van der Waals surface area contributed by atoms with Crippen LogP contribution in [0.1, 0.15) is 18.4 Å². The van der Waals surface area contributed by atoms with Gasteiger partial charge in [-0.25, -0.2) is 8.42 Å². The fourth-order valence-electron chi connectivity index (χ4n) is 2.00. The summed E-state index contributed by atoms with van der Waals surface area (Å²) in [6.45, 7) is 2.01. The van der Waals surface area contributed by atoms with Crippen molar-refractivity contribution in [1.82, 2.24) is 0 Å². The lowest BCUT2D eigenvalue weighted by molar-refractivity contribution is 0.559. The molecule has 17 heavy (non-hydrogen) atoms. The lowest BCUT2D eigenvalue weighted by atomic mass is 10.1. The summed E-state index contributed by atoms with van der Waals surface area (Å²) in [5, 5.41) is 4.02. The van der Waals surface area contributed by atoms with Crippen molar-refractivity contribution < 1.29 is 8.42 Å². The maximum atomic E-state index is 11.3. The van der Waals surface area contributed by atoms with E-state index in [2.05, 4.69) is 5.32 Å². The normalized spacial score (nSPS) is 20.1. The van der Waals surface area contributed by atoms with Gasteiger partial charge in [0.2, 0.25) is 0 Å². The number of rotatable bonds is 2. The summed E-state index contributed by atoms with van der Waals surface area (Å²) in [7, 11) is -2.80. The van der Waals surface area contributed by atoms with Crippen LogP contribution in [0.5, 0.6) is 0 Å². The average Bonchev–Trinajstić information content (AvgIpc) is 2.26. The second-order valence-electron chi connectivity index (χ2n) is 4.55. The van der Waals surface area contributed by atoms with Gasteiger partial charge in [0.25, 0.3) is 0 Å². The third-order valence-electron chi connectivity index (χ3n) is 3.04. The van der Waals surface area contributed by atoms with Gasteiger partial charge in [-0.15, -0.1) is 0 Å². The minimum atomic E-state index is -2.80. The molecule has 1 aromatic rings. The van der Waals surface area contributed by atoms with Crippen molar-refractivity contribution in [1.29, 1.82) is 0 Å². The molecule has 0 spiro atoms. The number of benzene rings is 1. The predicted molar refractivity (Wildman–Crippen MR) is 71.5 cm³/mol. The van der Waals surface area contributed by atoms with Crippen LogP contribution < -0.4 is 5.32 Å². The zero-order chi connectivity index (χ0) is 12.5. The van der Waals surface area contributed by atoms with E-state index in [0.717, 1.165) is 11.3 Å². The van der Waals surface area contributed by atoms with Gasteiger partial charge in [-0.1, -0.05) is 17.7 Å². The van der Waals surface area contributed by atoms with E-state index in [1.165, 1.54) is 0 Å². The van der Waals surface area contributed by atoms with E-state index in [0.29, 0.717) is 17.9 Å². The van der Waals surface area contributed by atoms with Crippen molar-refractivity contribution >= 4 is 27.1 Å². The highest BCUT2D eigenvalue weighted by Gasteiger charge is 2.23. The third-order valence-corrected chi connectivity index (χ3v) is 5.08. The fourth-order valence-corrected chi connectivity index (χ4v) is 3.67. The van der Waals surface area contributed by atoms with Crippen LogP contribution in [0, 0.1) is 6.92 Å². The third kappa shape index (κ3) is 3.36. The van der Waals surface area contributed by atoms with E-state index in [4.69, 9.17) is 11.6 Å². The predicted octanol–water partition coefficient (Wildman–Crippen LogP) is 2.64. The highest BCUT2D eigenvalue weighted by atomic mass is 35.5. The van der Waals surface area contributed by atoms with Gasteiger partial charge in [-0.2, -0.15) is 0 Å². The Hall–Kier alpha value is -0.740. The Kier molecular flexibility index (Phi) is 3.64. The van der Waals surface area contributed by atoms with Crippen molar-refractivity contribution in [3.05, 3.63) is 28.8 Å². The highest BCUT2D eigenvalue weighted by molar-refractivity contribution is 7.91. The number of hydrogen-bond acceptors (Lipinski definition) is 3. The maximum absolute atomic E-state index is 11.3. The molecule has 3 nitrogen and oxygen atoms in total. The lowest BCUT2D eigenvalue weighted by Gasteiger charge is -2.24. The van der Waals surface area contributed by atoms with Gasteiger partial charge >= 0.3 is 0 Å². The van der Waals surface area contributed by atoms with Crippen LogP contribution >= 0.6 is 11.6 Å². The largest absolute Gasteiger partial charge is 0.381 e. The van der Waals surface area contributed by atoms with Crippen molar-refractivity contribution in [3.63, 3.8) is 0 Å². The fraction of sp³-hybridized carbons (Fsp3) is 0.500. The average molecular weight is 274 g/mol. The van der Waals surface area contributed by atoms with Crippen LogP contribution in [-0.2, 0) is 9.84 Å². The molecule has 0 bridgehead atoms. The summed E-state index contributed by atoms with van der Waals surface area (Å²) in [6.07, 6.45) is 1.32. The molecular formula is C12H16ClNO2S. The number of halogens is 1. The van der Waals surface area contributed by atoms with Crippen LogP contribution in [0.15, 0.2) is 18.2 Å². The molecule has 2 rings (SSSR count). The molecule has 1 saturated heterocycles. The van der Waals surface area contributed by atoms with Gasteiger partial charge in [0.1, 0.15) is 9.84 Å². The number of nitrogens with one attached hydrogen (secondary N) is 1. The highest BCUT2D eigenvalue weighted by Crippen LogP contribution is 2.25. The van der Waals surface area contributed by atoms with Crippen molar-refractivity contribution in [3.8, 4) is 0 Å². The molecule has 0 unspecified atom stereocenters. The molecule has 94 valence electrons. The van der Waals surface area contributed by atoms with Crippen molar-refractivity contribution in [2.24, 2.45) is 0 Å². The lowest BCUT2D eigenvalue weighted by Crippen LogP contribution is -2.32. The van der Waals surface area contributed by atoms with Crippen LogP contribution in [0.4, 0.5) is 5.69 Å². The molecule has 1 aliphatic heterocycles. The second-order valence-corrected chi connectivity index (χ2v) is 7.26. The molecule has 0 amide bonds. The Labute approximate surface area is 107 Å². The minimum Gasteiger partial charge on any atom is -0.381 e. The maximum Gasteiger partial charge on any atom is 0.150 e. The Morgan fingerprint density at radius 3 is 2.59 bits per heavy atom. The van der Waals surface area contributed by atoms with Gasteiger partial charge < -0.3 is 5.32 Å².